The highest BCUT2D eigenvalue weighted by Crippen LogP contribution is 2.28. The van der Waals surface area contributed by atoms with E-state index in [9.17, 15) is 4.79 Å². The van der Waals surface area contributed by atoms with E-state index in [1.54, 1.807) is 0 Å². The Labute approximate surface area is 104 Å². The highest BCUT2D eigenvalue weighted by molar-refractivity contribution is 9.10. The van der Waals surface area contributed by atoms with Crippen molar-refractivity contribution >= 4 is 27.6 Å². The van der Waals surface area contributed by atoms with Gasteiger partial charge >= 0.3 is 6.03 Å². The van der Waals surface area contributed by atoms with Crippen LogP contribution >= 0.6 is 15.9 Å². The molecule has 0 bridgehead atoms. The molecule has 3 nitrogen and oxygen atoms in total. The quantitative estimate of drug-likeness (QED) is 0.888. The molecule has 86 valence electrons. The number of urea groups is 1. The molecule has 1 unspecified atom stereocenters. The molecular weight excluding hydrogens is 268 g/mol. The summed E-state index contributed by atoms with van der Waals surface area (Å²) in [6, 6.07) is 6.21. The van der Waals surface area contributed by atoms with Crippen molar-refractivity contribution in [1.29, 1.82) is 0 Å². The standard InChI is InChI=1S/C12H15BrN2O/c1-3-9-7-15(12(16)14-9)11-6-4-5-10(13)8(11)2/h4-6,9H,3,7H2,1-2H3,(H,14,16). The number of carbonyl (C=O) groups is 1. The van der Waals surface area contributed by atoms with E-state index in [1.807, 2.05) is 30.0 Å². The van der Waals surface area contributed by atoms with E-state index in [0.29, 0.717) is 0 Å². The number of rotatable bonds is 2. The zero-order valence-electron chi connectivity index (χ0n) is 9.46. The molecule has 0 aromatic heterocycles. The number of amides is 2. The molecule has 1 aromatic rings. The largest absolute Gasteiger partial charge is 0.333 e. The van der Waals surface area contributed by atoms with E-state index in [2.05, 4.69) is 28.2 Å². The lowest BCUT2D eigenvalue weighted by Crippen LogP contribution is -2.28. The van der Waals surface area contributed by atoms with Gasteiger partial charge in [-0.1, -0.05) is 28.9 Å². The minimum absolute atomic E-state index is 0.00745. The van der Waals surface area contributed by atoms with E-state index in [-0.39, 0.29) is 12.1 Å². The third-order valence-electron chi connectivity index (χ3n) is 3.00. The Morgan fingerprint density at radius 1 is 1.56 bits per heavy atom. The minimum Gasteiger partial charge on any atom is -0.333 e. The molecule has 2 rings (SSSR count). The zero-order chi connectivity index (χ0) is 11.7. The lowest BCUT2D eigenvalue weighted by molar-refractivity contribution is 0.250. The average molecular weight is 283 g/mol. The van der Waals surface area contributed by atoms with Crippen molar-refractivity contribution in [3.8, 4) is 0 Å². The summed E-state index contributed by atoms with van der Waals surface area (Å²) in [6.45, 7) is 4.86. The molecule has 1 saturated heterocycles. The number of nitrogens with one attached hydrogen (secondary N) is 1. The molecule has 0 radical (unpaired) electrons. The number of carbonyl (C=O) groups excluding carboxylic acids is 1. The Morgan fingerprint density at radius 2 is 2.31 bits per heavy atom. The van der Waals surface area contributed by atoms with Gasteiger partial charge in [0.05, 0.1) is 0 Å². The molecule has 1 aliphatic rings. The predicted octanol–water partition coefficient (Wildman–Crippen LogP) is 3.07. The number of halogens is 1. The second-order valence-electron chi connectivity index (χ2n) is 4.05. The van der Waals surface area contributed by atoms with Gasteiger partial charge in [0.15, 0.2) is 0 Å². The van der Waals surface area contributed by atoms with E-state index in [0.717, 1.165) is 28.7 Å². The molecule has 1 heterocycles. The Kier molecular flexibility index (Phi) is 3.19. The summed E-state index contributed by atoms with van der Waals surface area (Å²) in [4.78, 5) is 13.6. The van der Waals surface area contributed by atoms with Gasteiger partial charge in [-0.15, -0.1) is 0 Å². The summed E-state index contributed by atoms with van der Waals surface area (Å²) in [6.07, 6.45) is 0.968. The van der Waals surface area contributed by atoms with Crippen molar-refractivity contribution in [3.63, 3.8) is 0 Å². The van der Waals surface area contributed by atoms with Gasteiger partial charge in [0.25, 0.3) is 0 Å². The van der Waals surface area contributed by atoms with E-state index < -0.39 is 0 Å². The maximum atomic E-state index is 11.8. The number of anilines is 1. The fourth-order valence-electron chi connectivity index (χ4n) is 1.93. The predicted molar refractivity (Wildman–Crippen MR) is 68.8 cm³/mol. The van der Waals surface area contributed by atoms with Crippen LogP contribution < -0.4 is 10.2 Å². The molecule has 1 N–H and O–H groups in total. The van der Waals surface area contributed by atoms with Gasteiger partial charge in [0.1, 0.15) is 0 Å². The van der Waals surface area contributed by atoms with Gasteiger partial charge in [-0.3, -0.25) is 4.90 Å². The molecule has 16 heavy (non-hydrogen) atoms. The first-order chi connectivity index (χ1) is 7.63. The van der Waals surface area contributed by atoms with Crippen LogP contribution in [0.15, 0.2) is 22.7 Å². The van der Waals surface area contributed by atoms with Crippen LogP contribution in [0.3, 0.4) is 0 Å². The van der Waals surface area contributed by atoms with E-state index in [1.165, 1.54) is 0 Å². The Bertz CT molecular complexity index is 419. The molecule has 1 atom stereocenters. The SMILES string of the molecule is CCC1CN(c2cccc(Br)c2C)C(=O)N1. The number of hydrogen-bond acceptors (Lipinski definition) is 1. The highest BCUT2D eigenvalue weighted by Gasteiger charge is 2.29. The molecule has 1 fully saturated rings. The number of hydrogen-bond donors (Lipinski definition) is 1. The van der Waals surface area contributed by atoms with Crippen LogP contribution in [0.5, 0.6) is 0 Å². The van der Waals surface area contributed by atoms with Crippen molar-refractivity contribution in [2.45, 2.75) is 26.3 Å². The normalized spacial score (nSPS) is 20.1. The second-order valence-corrected chi connectivity index (χ2v) is 4.90. The maximum absolute atomic E-state index is 11.8. The van der Waals surface area contributed by atoms with Crippen molar-refractivity contribution in [2.24, 2.45) is 0 Å². The van der Waals surface area contributed by atoms with Crippen LogP contribution in [-0.2, 0) is 0 Å². The first-order valence-electron chi connectivity index (χ1n) is 5.46. The minimum atomic E-state index is 0.00745. The molecule has 0 saturated carbocycles. The molecular formula is C12H15BrN2O. The van der Waals surface area contributed by atoms with Crippen LogP contribution in [0.4, 0.5) is 10.5 Å². The Hall–Kier alpha value is -1.03. The first kappa shape index (κ1) is 11.5. The molecule has 2 amide bonds. The lowest BCUT2D eigenvalue weighted by atomic mass is 10.1. The molecule has 1 aromatic carbocycles. The van der Waals surface area contributed by atoms with Crippen LogP contribution in [0.25, 0.3) is 0 Å². The van der Waals surface area contributed by atoms with Gasteiger partial charge < -0.3 is 5.32 Å². The number of nitrogens with zero attached hydrogens (tertiary/aromatic N) is 1. The average Bonchev–Trinajstić information content (AvgIpc) is 2.64. The van der Waals surface area contributed by atoms with E-state index >= 15 is 0 Å². The van der Waals surface area contributed by atoms with Crippen LogP contribution in [-0.4, -0.2) is 18.6 Å². The third kappa shape index (κ3) is 1.94. The second kappa shape index (κ2) is 4.45. The fraction of sp³-hybridized carbons (Fsp3) is 0.417. The van der Waals surface area contributed by atoms with Crippen molar-refractivity contribution < 1.29 is 4.79 Å². The Morgan fingerprint density at radius 3 is 2.94 bits per heavy atom. The summed E-state index contributed by atoms with van der Waals surface area (Å²) in [7, 11) is 0. The molecule has 0 aliphatic carbocycles. The van der Waals surface area contributed by atoms with Gasteiger partial charge in [-0.25, -0.2) is 4.79 Å². The third-order valence-corrected chi connectivity index (χ3v) is 3.86. The lowest BCUT2D eigenvalue weighted by Gasteiger charge is -2.18. The first-order valence-corrected chi connectivity index (χ1v) is 6.26. The van der Waals surface area contributed by atoms with Gasteiger partial charge in [0, 0.05) is 22.7 Å². The summed E-state index contributed by atoms with van der Waals surface area (Å²) >= 11 is 3.49. The van der Waals surface area contributed by atoms with Crippen molar-refractivity contribution in [3.05, 3.63) is 28.2 Å². The van der Waals surface area contributed by atoms with Crippen molar-refractivity contribution in [2.75, 3.05) is 11.4 Å². The van der Waals surface area contributed by atoms with Crippen LogP contribution in [0.1, 0.15) is 18.9 Å². The van der Waals surface area contributed by atoms with Crippen molar-refractivity contribution in [1.82, 2.24) is 5.32 Å². The molecule has 4 heteroatoms. The Balaban J connectivity index is 2.31. The van der Waals surface area contributed by atoms with Gasteiger partial charge in [0.2, 0.25) is 0 Å². The van der Waals surface area contributed by atoms with Gasteiger partial charge in [-0.2, -0.15) is 0 Å². The van der Waals surface area contributed by atoms with Crippen LogP contribution in [0, 0.1) is 6.92 Å². The fourth-order valence-corrected chi connectivity index (χ4v) is 2.28. The number of benzene rings is 1. The van der Waals surface area contributed by atoms with Crippen LogP contribution in [0.2, 0.25) is 0 Å². The topological polar surface area (TPSA) is 32.3 Å². The smallest absolute Gasteiger partial charge is 0.322 e. The summed E-state index contributed by atoms with van der Waals surface area (Å²) in [5, 5.41) is 2.97. The molecule has 1 aliphatic heterocycles. The zero-order valence-corrected chi connectivity index (χ0v) is 11.0. The maximum Gasteiger partial charge on any atom is 0.322 e. The van der Waals surface area contributed by atoms with Gasteiger partial charge in [-0.05, 0) is 31.0 Å². The highest BCUT2D eigenvalue weighted by atomic mass is 79.9. The molecule has 0 spiro atoms. The summed E-state index contributed by atoms with van der Waals surface area (Å²) in [5.41, 5.74) is 2.09. The monoisotopic (exact) mass is 282 g/mol. The summed E-state index contributed by atoms with van der Waals surface area (Å²) in [5.74, 6) is 0. The van der Waals surface area contributed by atoms with E-state index in [4.69, 9.17) is 0 Å². The summed E-state index contributed by atoms with van der Waals surface area (Å²) < 4.78 is 1.04.